The molecule has 1 saturated heterocycles. The van der Waals surface area contributed by atoms with Crippen molar-refractivity contribution in [1.82, 2.24) is 14.9 Å². The first-order chi connectivity index (χ1) is 10.4. The number of aromatic nitrogens is 2. The molecule has 0 radical (unpaired) electrons. The SMILES string of the molecule is CC.O=C(CBr)N1CCN(c2ncc(C(F)(F)F)cn2)CC1. The minimum atomic E-state index is -4.43. The van der Waals surface area contributed by atoms with Gasteiger partial charge >= 0.3 is 6.18 Å². The summed E-state index contributed by atoms with van der Waals surface area (Å²) in [5.74, 6) is 0.252. The predicted molar refractivity (Wildman–Crippen MR) is 81.0 cm³/mol. The number of carbonyl (C=O) groups is 1. The van der Waals surface area contributed by atoms with Crippen LogP contribution in [0.1, 0.15) is 19.4 Å². The number of carbonyl (C=O) groups excluding carboxylic acids is 1. The Morgan fingerprint density at radius 3 is 2.09 bits per heavy atom. The molecule has 2 heterocycles. The van der Waals surface area contributed by atoms with E-state index in [4.69, 9.17) is 0 Å². The number of hydrogen-bond donors (Lipinski definition) is 0. The maximum absolute atomic E-state index is 12.4. The largest absolute Gasteiger partial charge is 0.419 e. The van der Waals surface area contributed by atoms with Crippen LogP contribution in [0.2, 0.25) is 0 Å². The zero-order valence-electron chi connectivity index (χ0n) is 12.4. The number of hydrogen-bond acceptors (Lipinski definition) is 4. The predicted octanol–water partition coefficient (Wildman–Crippen LogP) is 2.57. The van der Waals surface area contributed by atoms with Gasteiger partial charge in [0, 0.05) is 38.6 Å². The van der Waals surface area contributed by atoms with Crippen molar-refractivity contribution in [3.8, 4) is 0 Å². The molecule has 0 unspecified atom stereocenters. The van der Waals surface area contributed by atoms with E-state index in [-0.39, 0.29) is 17.2 Å². The molecule has 0 spiro atoms. The highest BCUT2D eigenvalue weighted by Gasteiger charge is 2.31. The molecule has 0 aliphatic carbocycles. The molecule has 0 atom stereocenters. The van der Waals surface area contributed by atoms with Gasteiger partial charge in [-0.25, -0.2) is 9.97 Å². The fourth-order valence-electron chi connectivity index (χ4n) is 1.87. The molecule has 1 amide bonds. The van der Waals surface area contributed by atoms with Crippen molar-refractivity contribution >= 4 is 27.8 Å². The van der Waals surface area contributed by atoms with Crippen LogP contribution in [-0.4, -0.2) is 52.3 Å². The van der Waals surface area contributed by atoms with Gasteiger partial charge in [-0.15, -0.1) is 0 Å². The van der Waals surface area contributed by atoms with Gasteiger partial charge in [0.15, 0.2) is 0 Å². The topological polar surface area (TPSA) is 49.3 Å². The minimum Gasteiger partial charge on any atom is -0.338 e. The van der Waals surface area contributed by atoms with Crippen molar-refractivity contribution in [2.45, 2.75) is 20.0 Å². The van der Waals surface area contributed by atoms with Crippen LogP contribution in [0.25, 0.3) is 0 Å². The van der Waals surface area contributed by atoms with Crippen molar-refractivity contribution in [3.05, 3.63) is 18.0 Å². The lowest BCUT2D eigenvalue weighted by Crippen LogP contribution is -2.49. The summed E-state index contributed by atoms with van der Waals surface area (Å²) in [5, 5.41) is 0.268. The number of piperazine rings is 1. The van der Waals surface area contributed by atoms with Crippen LogP contribution in [0, 0.1) is 0 Å². The highest BCUT2D eigenvalue weighted by Crippen LogP contribution is 2.28. The van der Waals surface area contributed by atoms with Gasteiger partial charge < -0.3 is 9.80 Å². The summed E-state index contributed by atoms with van der Waals surface area (Å²) >= 11 is 3.10. The molecular weight excluding hydrogens is 365 g/mol. The van der Waals surface area contributed by atoms with Crippen LogP contribution in [0.5, 0.6) is 0 Å². The second kappa shape index (κ2) is 8.30. The van der Waals surface area contributed by atoms with Gasteiger partial charge in [-0.05, 0) is 0 Å². The number of alkyl halides is 4. The Balaban J connectivity index is 0.00000116. The molecule has 1 aliphatic heterocycles. The van der Waals surface area contributed by atoms with Gasteiger partial charge in [0.25, 0.3) is 0 Å². The Morgan fingerprint density at radius 1 is 1.18 bits per heavy atom. The Morgan fingerprint density at radius 2 is 1.68 bits per heavy atom. The van der Waals surface area contributed by atoms with Crippen LogP contribution < -0.4 is 4.90 Å². The molecule has 0 N–H and O–H groups in total. The summed E-state index contributed by atoms with van der Waals surface area (Å²) in [5.41, 5.74) is -0.866. The Hall–Kier alpha value is -1.38. The van der Waals surface area contributed by atoms with Crippen molar-refractivity contribution in [3.63, 3.8) is 0 Å². The normalized spacial score (nSPS) is 15.2. The Labute approximate surface area is 135 Å². The Kier molecular flexibility index (Phi) is 7.05. The van der Waals surface area contributed by atoms with E-state index < -0.39 is 11.7 Å². The first-order valence-electron chi connectivity index (χ1n) is 6.89. The maximum atomic E-state index is 12.4. The number of anilines is 1. The molecule has 9 heteroatoms. The molecule has 2 rings (SSSR count). The third-order valence-electron chi connectivity index (χ3n) is 3.00. The smallest absolute Gasteiger partial charge is 0.338 e. The second-order valence-corrected chi connectivity index (χ2v) is 4.83. The zero-order valence-corrected chi connectivity index (χ0v) is 14.0. The average Bonchev–Trinajstić information content (AvgIpc) is 2.55. The van der Waals surface area contributed by atoms with Gasteiger partial charge in [-0.3, -0.25) is 4.79 Å². The van der Waals surface area contributed by atoms with Crippen molar-refractivity contribution in [2.24, 2.45) is 0 Å². The van der Waals surface area contributed by atoms with E-state index in [2.05, 4.69) is 25.9 Å². The highest BCUT2D eigenvalue weighted by atomic mass is 79.9. The number of rotatable bonds is 2. The van der Waals surface area contributed by atoms with Crippen LogP contribution >= 0.6 is 15.9 Å². The molecule has 1 aliphatic rings. The lowest BCUT2D eigenvalue weighted by Gasteiger charge is -2.34. The van der Waals surface area contributed by atoms with Crippen molar-refractivity contribution in [1.29, 1.82) is 0 Å². The van der Waals surface area contributed by atoms with E-state index in [0.717, 1.165) is 12.4 Å². The molecular formula is C13H18BrF3N4O. The number of halogens is 4. The van der Waals surface area contributed by atoms with Gasteiger partial charge in [-0.1, -0.05) is 29.8 Å². The number of amides is 1. The van der Waals surface area contributed by atoms with E-state index in [0.29, 0.717) is 26.2 Å². The van der Waals surface area contributed by atoms with Gasteiger partial charge in [-0.2, -0.15) is 13.2 Å². The fourth-order valence-corrected chi connectivity index (χ4v) is 2.23. The molecule has 22 heavy (non-hydrogen) atoms. The van der Waals surface area contributed by atoms with Crippen LogP contribution in [0.15, 0.2) is 12.4 Å². The van der Waals surface area contributed by atoms with Crippen LogP contribution in [0.3, 0.4) is 0 Å². The molecule has 0 bridgehead atoms. The maximum Gasteiger partial charge on any atom is 0.419 e. The van der Waals surface area contributed by atoms with Crippen LogP contribution in [0.4, 0.5) is 19.1 Å². The summed E-state index contributed by atoms with van der Waals surface area (Å²) in [6.45, 7) is 6.03. The summed E-state index contributed by atoms with van der Waals surface area (Å²) < 4.78 is 37.2. The summed E-state index contributed by atoms with van der Waals surface area (Å²) in [4.78, 5) is 22.4. The molecule has 0 saturated carbocycles. The minimum absolute atomic E-state index is 0.00186. The highest BCUT2D eigenvalue weighted by molar-refractivity contribution is 9.09. The summed E-state index contributed by atoms with van der Waals surface area (Å²) in [6, 6.07) is 0. The molecule has 1 aromatic rings. The second-order valence-electron chi connectivity index (χ2n) is 4.27. The lowest BCUT2D eigenvalue weighted by molar-refractivity contribution is -0.138. The van der Waals surface area contributed by atoms with Crippen molar-refractivity contribution in [2.75, 3.05) is 36.4 Å². The zero-order chi connectivity index (χ0) is 16.8. The molecule has 0 aromatic carbocycles. The first-order valence-corrected chi connectivity index (χ1v) is 8.02. The van der Waals surface area contributed by atoms with Crippen molar-refractivity contribution < 1.29 is 18.0 Å². The van der Waals surface area contributed by atoms with E-state index in [1.165, 1.54) is 0 Å². The molecule has 1 aromatic heterocycles. The standard InChI is InChI=1S/C11H12BrF3N4O.C2H6/c12-5-9(20)18-1-3-19(4-2-18)10-16-6-8(7-17-10)11(13,14)15;1-2/h6-7H,1-5H2;1-2H3. The third kappa shape index (κ3) is 4.82. The van der Waals surface area contributed by atoms with Gasteiger partial charge in [0.1, 0.15) is 0 Å². The molecule has 5 nitrogen and oxygen atoms in total. The number of nitrogens with zero attached hydrogens (tertiary/aromatic N) is 4. The monoisotopic (exact) mass is 382 g/mol. The summed E-state index contributed by atoms with van der Waals surface area (Å²) in [7, 11) is 0. The Bertz CT molecular complexity index is 473. The van der Waals surface area contributed by atoms with Gasteiger partial charge in [0.2, 0.25) is 11.9 Å². The third-order valence-corrected chi connectivity index (χ3v) is 3.47. The molecule has 124 valence electrons. The van der Waals surface area contributed by atoms with Gasteiger partial charge in [0.05, 0.1) is 10.9 Å². The summed E-state index contributed by atoms with van der Waals surface area (Å²) in [6.07, 6.45) is -2.88. The van der Waals surface area contributed by atoms with E-state index in [9.17, 15) is 18.0 Å². The average molecular weight is 383 g/mol. The van der Waals surface area contributed by atoms with E-state index >= 15 is 0 Å². The van der Waals surface area contributed by atoms with E-state index in [1.54, 1.807) is 9.80 Å². The molecule has 1 fully saturated rings. The quantitative estimate of drug-likeness (QED) is 0.737. The van der Waals surface area contributed by atoms with E-state index in [1.807, 2.05) is 13.8 Å². The lowest BCUT2D eigenvalue weighted by atomic mass is 10.3. The van der Waals surface area contributed by atoms with Crippen LogP contribution in [-0.2, 0) is 11.0 Å². The first kappa shape index (κ1) is 18.7. The fraction of sp³-hybridized carbons (Fsp3) is 0.615.